The van der Waals surface area contributed by atoms with Crippen molar-refractivity contribution < 1.29 is 9.72 Å². The first kappa shape index (κ1) is 18.6. The van der Waals surface area contributed by atoms with Crippen molar-refractivity contribution in [2.24, 2.45) is 5.73 Å². The number of nitro groups is 1. The highest BCUT2D eigenvalue weighted by Crippen LogP contribution is 2.38. The molecule has 2 aromatic carbocycles. The van der Waals surface area contributed by atoms with E-state index in [4.69, 9.17) is 17.3 Å². The monoisotopic (exact) mass is 410 g/mol. The van der Waals surface area contributed by atoms with Crippen LogP contribution in [0.5, 0.6) is 0 Å². The quantitative estimate of drug-likeness (QED) is 0.501. The first-order chi connectivity index (χ1) is 13.9. The predicted molar refractivity (Wildman–Crippen MR) is 107 cm³/mol. The minimum absolute atomic E-state index is 0.0293. The Morgan fingerprint density at radius 3 is 2.55 bits per heavy atom. The molecule has 1 aliphatic heterocycles. The molecule has 1 aromatic heterocycles. The maximum absolute atomic E-state index is 12.2. The van der Waals surface area contributed by atoms with Crippen molar-refractivity contribution in [3.05, 3.63) is 80.5 Å². The van der Waals surface area contributed by atoms with E-state index in [1.54, 1.807) is 41.9 Å². The first-order valence-corrected chi connectivity index (χ1v) is 8.98. The summed E-state index contributed by atoms with van der Waals surface area (Å²) in [4.78, 5) is 27.1. The summed E-state index contributed by atoms with van der Waals surface area (Å²) < 4.78 is 1.55. The van der Waals surface area contributed by atoms with Crippen LogP contribution in [0.2, 0.25) is 5.02 Å². The maximum Gasteiger partial charge on any atom is 0.269 e. The van der Waals surface area contributed by atoms with Gasteiger partial charge in [0.1, 0.15) is 6.04 Å². The number of nitrogens with two attached hydrogens (primary N) is 1. The lowest BCUT2D eigenvalue weighted by atomic mass is 9.95. The molecule has 0 saturated heterocycles. The van der Waals surface area contributed by atoms with Crippen LogP contribution in [0.3, 0.4) is 0 Å². The summed E-state index contributed by atoms with van der Waals surface area (Å²) in [6, 6.07) is 12.4. The number of aromatic nitrogens is 3. The van der Waals surface area contributed by atoms with Gasteiger partial charge >= 0.3 is 0 Å². The molecule has 4 rings (SSSR count). The molecule has 3 N–H and O–H groups in total. The molecule has 2 heterocycles. The number of rotatable bonds is 4. The third-order valence-electron chi connectivity index (χ3n) is 4.65. The fourth-order valence-electron chi connectivity index (χ4n) is 3.31. The average Bonchev–Trinajstić information content (AvgIpc) is 3.11. The van der Waals surface area contributed by atoms with Crippen LogP contribution in [-0.2, 0) is 4.79 Å². The van der Waals surface area contributed by atoms with Gasteiger partial charge in [0.05, 0.1) is 10.5 Å². The van der Waals surface area contributed by atoms with Crippen LogP contribution in [0.4, 0.5) is 11.6 Å². The summed E-state index contributed by atoms with van der Waals surface area (Å²) in [6.07, 6.45) is 0. The highest BCUT2D eigenvalue weighted by molar-refractivity contribution is 6.31. The number of carbonyl (C=O) groups excluding carboxylic acids is 1. The Morgan fingerprint density at radius 2 is 1.93 bits per heavy atom. The summed E-state index contributed by atoms with van der Waals surface area (Å²) in [7, 11) is 0. The molecule has 29 heavy (non-hydrogen) atoms. The van der Waals surface area contributed by atoms with Gasteiger partial charge in [-0.15, -0.1) is 5.10 Å². The molecule has 3 aromatic rings. The van der Waals surface area contributed by atoms with Crippen LogP contribution in [-0.4, -0.2) is 25.6 Å². The van der Waals surface area contributed by atoms with Crippen molar-refractivity contribution >= 4 is 29.1 Å². The molecule has 1 atom stereocenters. The van der Waals surface area contributed by atoms with E-state index in [1.165, 1.54) is 12.1 Å². The highest BCUT2D eigenvalue weighted by atomic mass is 35.5. The summed E-state index contributed by atoms with van der Waals surface area (Å²) in [5, 5.41) is 18.9. The Morgan fingerprint density at radius 1 is 1.24 bits per heavy atom. The number of nitrogens with zero attached hydrogens (tertiary/aromatic N) is 4. The van der Waals surface area contributed by atoms with Gasteiger partial charge in [-0.3, -0.25) is 14.9 Å². The number of fused-ring (bicyclic) bond motifs is 1. The van der Waals surface area contributed by atoms with Gasteiger partial charge in [-0.25, -0.2) is 4.68 Å². The van der Waals surface area contributed by atoms with Crippen molar-refractivity contribution in [2.75, 3.05) is 5.32 Å². The topological polar surface area (TPSA) is 129 Å². The zero-order chi connectivity index (χ0) is 20.7. The SMILES string of the molecule is CC1=C(C(N)=O)C(c2ccccc2Cl)n2nc(-c3ccc([N+](=O)[O-])cc3)nc2N1. The summed E-state index contributed by atoms with van der Waals surface area (Å²) in [6.45, 7) is 1.73. The van der Waals surface area contributed by atoms with Gasteiger partial charge in [-0.1, -0.05) is 29.8 Å². The molecule has 1 aliphatic rings. The molecule has 146 valence electrons. The molecule has 10 heteroatoms. The number of carbonyl (C=O) groups is 1. The number of hydrogen-bond acceptors (Lipinski definition) is 6. The maximum atomic E-state index is 12.2. The number of primary amides is 1. The lowest BCUT2D eigenvalue weighted by Crippen LogP contribution is -2.32. The molecular formula is C19H15ClN6O3. The van der Waals surface area contributed by atoms with Crippen LogP contribution in [0, 0.1) is 10.1 Å². The molecule has 0 radical (unpaired) electrons. The highest BCUT2D eigenvalue weighted by Gasteiger charge is 2.34. The zero-order valence-corrected chi connectivity index (χ0v) is 15.9. The number of nitrogens with one attached hydrogen (secondary N) is 1. The molecule has 1 unspecified atom stereocenters. The minimum Gasteiger partial charge on any atom is -0.366 e. The molecular weight excluding hydrogens is 396 g/mol. The minimum atomic E-state index is -0.656. The van der Waals surface area contributed by atoms with Gasteiger partial charge in [0, 0.05) is 34.0 Å². The molecule has 0 spiro atoms. The second kappa shape index (κ2) is 7.02. The number of benzene rings is 2. The van der Waals surface area contributed by atoms with E-state index in [1.807, 2.05) is 6.07 Å². The largest absolute Gasteiger partial charge is 0.366 e. The Labute approximate surface area is 170 Å². The van der Waals surface area contributed by atoms with Gasteiger partial charge < -0.3 is 11.1 Å². The number of amides is 1. The van der Waals surface area contributed by atoms with Gasteiger partial charge in [0.15, 0.2) is 5.82 Å². The molecule has 0 fully saturated rings. The summed E-state index contributed by atoms with van der Waals surface area (Å²) in [5.41, 5.74) is 7.75. The fraction of sp³-hybridized carbons (Fsp3) is 0.105. The Hall–Kier alpha value is -3.72. The number of hydrogen-bond donors (Lipinski definition) is 2. The van der Waals surface area contributed by atoms with Gasteiger partial charge in [-0.05, 0) is 25.1 Å². The van der Waals surface area contributed by atoms with Crippen molar-refractivity contribution in [3.63, 3.8) is 0 Å². The van der Waals surface area contributed by atoms with Crippen LogP contribution in [0.15, 0.2) is 59.8 Å². The Kier molecular flexibility index (Phi) is 4.51. The van der Waals surface area contributed by atoms with E-state index in [0.717, 1.165) is 0 Å². The van der Waals surface area contributed by atoms with Gasteiger partial charge in [-0.2, -0.15) is 4.98 Å². The lowest BCUT2D eigenvalue weighted by molar-refractivity contribution is -0.384. The van der Waals surface area contributed by atoms with Gasteiger partial charge in [0.2, 0.25) is 11.9 Å². The van der Waals surface area contributed by atoms with Gasteiger partial charge in [0.25, 0.3) is 5.69 Å². The summed E-state index contributed by atoms with van der Waals surface area (Å²) in [5.74, 6) is 0.154. The van der Waals surface area contributed by atoms with Crippen LogP contribution >= 0.6 is 11.6 Å². The normalized spacial score (nSPS) is 15.6. The third kappa shape index (κ3) is 3.21. The van der Waals surface area contributed by atoms with E-state index >= 15 is 0 Å². The van der Waals surface area contributed by atoms with E-state index in [0.29, 0.717) is 39.2 Å². The van der Waals surface area contributed by atoms with Crippen molar-refractivity contribution in [1.82, 2.24) is 14.8 Å². The molecule has 0 aliphatic carbocycles. The van der Waals surface area contributed by atoms with Crippen molar-refractivity contribution in [2.45, 2.75) is 13.0 Å². The van der Waals surface area contributed by atoms with Crippen molar-refractivity contribution in [1.29, 1.82) is 0 Å². The van der Waals surface area contributed by atoms with Crippen molar-refractivity contribution in [3.8, 4) is 11.4 Å². The first-order valence-electron chi connectivity index (χ1n) is 8.60. The van der Waals surface area contributed by atoms with E-state index in [9.17, 15) is 14.9 Å². The molecule has 1 amide bonds. The standard InChI is InChI=1S/C19H15ClN6O3/c1-10-15(17(21)27)16(13-4-2-3-5-14(13)20)25-19(22-10)23-18(24-25)11-6-8-12(9-7-11)26(28)29/h2-9,16H,1H3,(H2,21,27)(H,22,23,24). The summed E-state index contributed by atoms with van der Waals surface area (Å²) >= 11 is 6.39. The number of halogens is 1. The average molecular weight is 411 g/mol. The van der Waals surface area contributed by atoms with Crippen LogP contribution < -0.4 is 11.1 Å². The zero-order valence-electron chi connectivity index (χ0n) is 15.2. The fourth-order valence-corrected chi connectivity index (χ4v) is 3.55. The van der Waals surface area contributed by atoms with Crippen LogP contribution in [0.1, 0.15) is 18.5 Å². The third-order valence-corrected chi connectivity index (χ3v) is 5.00. The lowest BCUT2D eigenvalue weighted by Gasteiger charge is -2.28. The Bertz CT molecular complexity index is 1170. The number of nitro benzene ring substituents is 1. The number of anilines is 1. The predicted octanol–water partition coefficient (Wildman–Crippen LogP) is 3.28. The number of allylic oxidation sites excluding steroid dienone is 1. The van der Waals surface area contributed by atoms with E-state index < -0.39 is 16.9 Å². The van der Waals surface area contributed by atoms with E-state index in [2.05, 4.69) is 15.4 Å². The van der Waals surface area contributed by atoms with E-state index in [-0.39, 0.29) is 5.69 Å². The second-order valence-electron chi connectivity index (χ2n) is 6.46. The smallest absolute Gasteiger partial charge is 0.269 e. The Balaban J connectivity index is 1.85. The van der Waals surface area contributed by atoms with Crippen LogP contribution in [0.25, 0.3) is 11.4 Å². The molecule has 9 nitrogen and oxygen atoms in total. The second-order valence-corrected chi connectivity index (χ2v) is 6.87. The number of non-ortho nitro benzene ring substituents is 1. The molecule has 0 bridgehead atoms. The molecule has 0 saturated carbocycles.